The molecule has 0 saturated carbocycles. The molecule has 2 saturated heterocycles. The van der Waals surface area contributed by atoms with Crippen molar-refractivity contribution in [2.45, 2.75) is 39.8 Å². The largest absolute Gasteiger partial charge is 0.379 e. The number of ether oxygens (including phenoxy) is 1. The summed E-state index contributed by atoms with van der Waals surface area (Å²) < 4.78 is 6.02. The van der Waals surface area contributed by atoms with Crippen molar-refractivity contribution in [2.75, 3.05) is 32.8 Å². The van der Waals surface area contributed by atoms with E-state index in [1.54, 1.807) is 0 Å². The minimum atomic E-state index is -0.117. The molecule has 29 heavy (non-hydrogen) atoms. The van der Waals surface area contributed by atoms with Crippen LogP contribution in [0.2, 0.25) is 0 Å². The van der Waals surface area contributed by atoms with Crippen molar-refractivity contribution in [1.29, 1.82) is 0 Å². The van der Waals surface area contributed by atoms with Crippen LogP contribution in [0.4, 0.5) is 0 Å². The molecule has 4 rings (SSSR count). The SMILES string of the molecule is Cc1ccc(C)c(CN2CCOC[C@]3(CC(=O)N([C@H](C)c4ccccc4)C3)C2)c1. The Labute approximate surface area is 174 Å². The molecule has 2 aromatic rings. The van der Waals surface area contributed by atoms with Crippen molar-refractivity contribution in [1.82, 2.24) is 9.80 Å². The first kappa shape index (κ1) is 20.1. The second-order valence-electron chi connectivity index (χ2n) is 8.98. The number of rotatable bonds is 4. The van der Waals surface area contributed by atoms with Crippen molar-refractivity contribution in [3.8, 4) is 0 Å². The van der Waals surface area contributed by atoms with Gasteiger partial charge < -0.3 is 9.64 Å². The summed E-state index contributed by atoms with van der Waals surface area (Å²) in [6.07, 6.45) is 0.577. The van der Waals surface area contributed by atoms with Crippen molar-refractivity contribution in [3.63, 3.8) is 0 Å². The van der Waals surface area contributed by atoms with E-state index in [-0.39, 0.29) is 17.4 Å². The van der Waals surface area contributed by atoms with Crippen LogP contribution in [0.3, 0.4) is 0 Å². The molecule has 0 aromatic heterocycles. The number of hydrogen-bond donors (Lipinski definition) is 0. The van der Waals surface area contributed by atoms with Gasteiger partial charge in [0.25, 0.3) is 0 Å². The minimum Gasteiger partial charge on any atom is -0.379 e. The van der Waals surface area contributed by atoms with Gasteiger partial charge in [-0.25, -0.2) is 0 Å². The van der Waals surface area contributed by atoms with Gasteiger partial charge in [0, 0.05) is 38.0 Å². The molecule has 154 valence electrons. The van der Waals surface area contributed by atoms with Crippen LogP contribution in [0.15, 0.2) is 48.5 Å². The average Bonchev–Trinajstić information content (AvgIpc) is 2.90. The van der Waals surface area contributed by atoms with Crippen LogP contribution >= 0.6 is 0 Å². The number of benzene rings is 2. The Bertz CT molecular complexity index is 866. The third kappa shape index (κ3) is 4.39. The van der Waals surface area contributed by atoms with Crippen LogP contribution in [0.5, 0.6) is 0 Å². The zero-order valence-corrected chi connectivity index (χ0v) is 17.9. The van der Waals surface area contributed by atoms with Gasteiger partial charge in [0.15, 0.2) is 0 Å². The van der Waals surface area contributed by atoms with E-state index in [0.29, 0.717) is 13.0 Å². The lowest BCUT2D eigenvalue weighted by molar-refractivity contribution is -0.129. The Morgan fingerprint density at radius 2 is 1.90 bits per heavy atom. The number of carbonyl (C=O) groups excluding carboxylic acids is 1. The summed E-state index contributed by atoms with van der Waals surface area (Å²) in [7, 11) is 0. The topological polar surface area (TPSA) is 32.8 Å². The predicted octanol–water partition coefficient (Wildman–Crippen LogP) is 4.12. The Morgan fingerprint density at radius 1 is 1.10 bits per heavy atom. The summed E-state index contributed by atoms with van der Waals surface area (Å²) in [6.45, 7) is 11.4. The van der Waals surface area contributed by atoms with Gasteiger partial charge in [-0.3, -0.25) is 9.69 Å². The molecular weight excluding hydrogens is 360 g/mol. The standard InChI is InChI=1S/C25H32N2O2/c1-19-9-10-20(2)23(13-19)15-26-11-12-29-18-25(16-26)14-24(28)27(17-25)21(3)22-7-5-4-6-8-22/h4-10,13,21H,11-12,14-18H2,1-3H3/t21-,25-/m1/s1. The van der Waals surface area contributed by atoms with E-state index in [0.717, 1.165) is 32.8 Å². The van der Waals surface area contributed by atoms with E-state index in [1.807, 2.05) is 18.2 Å². The zero-order valence-electron chi connectivity index (χ0n) is 17.9. The Hall–Kier alpha value is -2.17. The summed E-state index contributed by atoms with van der Waals surface area (Å²) in [5.41, 5.74) is 5.08. The maximum atomic E-state index is 13.0. The summed E-state index contributed by atoms with van der Waals surface area (Å²) >= 11 is 0. The monoisotopic (exact) mass is 392 g/mol. The summed E-state index contributed by atoms with van der Waals surface area (Å²) in [6, 6.07) is 17.1. The molecule has 4 nitrogen and oxygen atoms in total. The smallest absolute Gasteiger partial charge is 0.223 e. The van der Waals surface area contributed by atoms with Gasteiger partial charge in [0.05, 0.1) is 19.3 Å². The van der Waals surface area contributed by atoms with Crippen LogP contribution in [-0.4, -0.2) is 48.6 Å². The second kappa shape index (κ2) is 8.29. The van der Waals surface area contributed by atoms with E-state index < -0.39 is 0 Å². The van der Waals surface area contributed by atoms with Gasteiger partial charge in [-0.1, -0.05) is 54.1 Å². The molecular formula is C25H32N2O2. The molecule has 2 fully saturated rings. The third-order valence-corrected chi connectivity index (χ3v) is 6.52. The van der Waals surface area contributed by atoms with Crippen LogP contribution in [0.1, 0.15) is 41.6 Å². The molecule has 0 N–H and O–H groups in total. The van der Waals surface area contributed by atoms with E-state index in [2.05, 4.69) is 60.9 Å². The van der Waals surface area contributed by atoms with Crippen LogP contribution in [-0.2, 0) is 16.1 Å². The van der Waals surface area contributed by atoms with Crippen LogP contribution in [0.25, 0.3) is 0 Å². The van der Waals surface area contributed by atoms with Crippen molar-refractivity contribution >= 4 is 5.91 Å². The molecule has 2 aromatic carbocycles. The molecule has 0 radical (unpaired) electrons. The molecule has 0 bridgehead atoms. The maximum absolute atomic E-state index is 13.0. The lowest BCUT2D eigenvalue weighted by Gasteiger charge is -2.33. The van der Waals surface area contributed by atoms with Gasteiger partial charge in [0.2, 0.25) is 5.91 Å². The summed E-state index contributed by atoms with van der Waals surface area (Å²) in [4.78, 5) is 17.5. The van der Waals surface area contributed by atoms with Gasteiger partial charge in [0.1, 0.15) is 0 Å². The fraction of sp³-hybridized carbons (Fsp3) is 0.480. The van der Waals surface area contributed by atoms with Crippen molar-refractivity contribution in [3.05, 3.63) is 70.8 Å². The van der Waals surface area contributed by atoms with Crippen molar-refractivity contribution < 1.29 is 9.53 Å². The number of nitrogens with zero attached hydrogens (tertiary/aromatic N) is 2. The van der Waals surface area contributed by atoms with E-state index >= 15 is 0 Å². The quantitative estimate of drug-likeness (QED) is 0.785. The second-order valence-corrected chi connectivity index (χ2v) is 8.98. The molecule has 0 unspecified atom stereocenters. The lowest BCUT2D eigenvalue weighted by atomic mass is 9.87. The number of hydrogen-bond acceptors (Lipinski definition) is 3. The molecule has 1 spiro atoms. The Kier molecular flexibility index (Phi) is 5.75. The van der Waals surface area contributed by atoms with Gasteiger partial charge in [-0.05, 0) is 37.5 Å². The van der Waals surface area contributed by atoms with Gasteiger partial charge in [-0.15, -0.1) is 0 Å². The van der Waals surface area contributed by atoms with Crippen LogP contribution < -0.4 is 0 Å². The molecule has 4 heteroatoms. The normalized spacial score (nSPS) is 24.1. The highest BCUT2D eigenvalue weighted by Crippen LogP contribution is 2.38. The van der Waals surface area contributed by atoms with Gasteiger partial charge in [-0.2, -0.15) is 0 Å². The first-order chi connectivity index (χ1) is 14.0. The third-order valence-electron chi connectivity index (χ3n) is 6.52. The molecule has 1 amide bonds. The minimum absolute atomic E-state index is 0.0961. The summed E-state index contributed by atoms with van der Waals surface area (Å²) in [5.74, 6) is 0.249. The number of amides is 1. The zero-order chi connectivity index (χ0) is 20.4. The van der Waals surface area contributed by atoms with E-state index in [9.17, 15) is 4.79 Å². The number of aryl methyl sites for hydroxylation is 2. The first-order valence-corrected chi connectivity index (χ1v) is 10.7. The highest BCUT2D eigenvalue weighted by molar-refractivity contribution is 5.80. The molecule has 0 aliphatic carbocycles. The number of carbonyl (C=O) groups is 1. The Balaban J connectivity index is 1.51. The highest BCUT2D eigenvalue weighted by Gasteiger charge is 2.46. The predicted molar refractivity (Wildman–Crippen MR) is 116 cm³/mol. The Morgan fingerprint density at radius 3 is 2.69 bits per heavy atom. The molecule has 2 heterocycles. The highest BCUT2D eigenvalue weighted by atomic mass is 16.5. The molecule has 2 atom stereocenters. The summed E-state index contributed by atoms with van der Waals surface area (Å²) in [5, 5.41) is 0. The molecule has 2 aliphatic heterocycles. The number of likely N-dealkylation sites (tertiary alicyclic amines) is 1. The molecule has 2 aliphatic rings. The van der Waals surface area contributed by atoms with E-state index in [4.69, 9.17) is 4.74 Å². The van der Waals surface area contributed by atoms with E-state index in [1.165, 1.54) is 22.3 Å². The maximum Gasteiger partial charge on any atom is 0.223 e. The van der Waals surface area contributed by atoms with Gasteiger partial charge >= 0.3 is 0 Å². The average molecular weight is 393 g/mol. The first-order valence-electron chi connectivity index (χ1n) is 10.7. The fourth-order valence-electron chi connectivity index (χ4n) is 4.82. The van der Waals surface area contributed by atoms with Crippen LogP contribution in [0, 0.1) is 19.3 Å². The van der Waals surface area contributed by atoms with Crippen molar-refractivity contribution in [2.24, 2.45) is 5.41 Å². The fourth-order valence-corrected chi connectivity index (χ4v) is 4.82. The lowest BCUT2D eigenvalue weighted by Crippen LogP contribution is -2.41.